The average Bonchev–Trinajstić information content (AvgIpc) is 2.82. The van der Waals surface area contributed by atoms with Crippen LogP contribution in [0, 0.1) is 6.92 Å². The Balaban J connectivity index is 2.30. The lowest BCUT2D eigenvalue weighted by Gasteiger charge is -2.28. The number of nitrogens with one attached hydrogen (secondary N) is 1. The molecule has 1 aromatic heterocycles. The molecule has 0 spiro atoms. The zero-order chi connectivity index (χ0) is 17.6. The second-order valence-electron chi connectivity index (χ2n) is 6.02. The van der Waals surface area contributed by atoms with Gasteiger partial charge in [0, 0.05) is 22.8 Å². The smallest absolute Gasteiger partial charge is 0.260 e. The van der Waals surface area contributed by atoms with Gasteiger partial charge in [0.25, 0.3) is 5.91 Å². The van der Waals surface area contributed by atoms with Crippen LogP contribution in [0.1, 0.15) is 46.1 Å². The SMILES string of the molecule is CC(=O)C1=C(C)Nc2sc(C(N)=O)c(N)c2[C@H]1c1cccc(C)c1. The van der Waals surface area contributed by atoms with Gasteiger partial charge < -0.3 is 16.8 Å². The Morgan fingerprint density at radius 3 is 2.54 bits per heavy atom. The highest BCUT2D eigenvalue weighted by Crippen LogP contribution is 2.49. The molecule has 1 amide bonds. The van der Waals surface area contributed by atoms with Gasteiger partial charge >= 0.3 is 0 Å². The number of thiophene rings is 1. The summed E-state index contributed by atoms with van der Waals surface area (Å²) in [6.45, 7) is 5.41. The number of Topliss-reactive ketones (excluding diaryl/α,β-unsaturated/α-hetero) is 1. The molecule has 6 heteroatoms. The van der Waals surface area contributed by atoms with Crippen LogP contribution < -0.4 is 16.8 Å². The lowest BCUT2D eigenvalue weighted by molar-refractivity contribution is -0.113. The second kappa shape index (κ2) is 5.79. The molecule has 5 N–H and O–H groups in total. The summed E-state index contributed by atoms with van der Waals surface area (Å²) in [6.07, 6.45) is 0. The highest BCUT2D eigenvalue weighted by atomic mass is 32.1. The summed E-state index contributed by atoms with van der Waals surface area (Å²) in [5, 5.41) is 3.98. The molecule has 0 aliphatic carbocycles. The van der Waals surface area contributed by atoms with E-state index in [2.05, 4.69) is 5.32 Å². The van der Waals surface area contributed by atoms with Crippen molar-refractivity contribution < 1.29 is 9.59 Å². The van der Waals surface area contributed by atoms with E-state index in [1.165, 1.54) is 11.3 Å². The number of benzene rings is 1. The molecule has 0 unspecified atom stereocenters. The summed E-state index contributed by atoms with van der Waals surface area (Å²) >= 11 is 1.23. The molecule has 2 aromatic rings. The number of rotatable bonds is 3. The van der Waals surface area contributed by atoms with E-state index in [9.17, 15) is 9.59 Å². The van der Waals surface area contributed by atoms with Gasteiger partial charge in [-0.25, -0.2) is 0 Å². The van der Waals surface area contributed by atoms with Crippen molar-refractivity contribution in [3.8, 4) is 0 Å². The largest absolute Gasteiger partial charge is 0.397 e. The number of primary amides is 1. The third-order valence-electron chi connectivity index (χ3n) is 4.24. The van der Waals surface area contributed by atoms with Gasteiger partial charge in [-0.1, -0.05) is 29.8 Å². The fourth-order valence-corrected chi connectivity index (χ4v) is 4.33. The first kappa shape index (κ1) is 16.3. The molecular weight excluding hydrogens is 322 g/mol. The number of hydrogen-bond donors (Lipinski definition) is 3. The minimum atomic E-state index is -0.557. The molecule has 0 fully saturated rings. The summed E-state index contributed by atoms with van der Waals surface area (Å²) in [6, 6.07) is 7.97. The van der Waals surface area contributed by atoms with Gasteiger partial charge in [-0.15, -0.1) is 11.3 Å². The van der Waals surface area contributed by atoms with Crippen molar-refractivity contribution in [3.05, 3.63) is 57.1 Å². The molecule has 124 valence electrons. The van der Waals surface area contributed by atoms with E-state index in [0.29, 0.717) is 16.1 Å². The molecule has 1 aromatic carbocycles. The zero-order valence-corrected chi connectivity index (χ0v) is 14.6. The van der Waals surface area contributed by atoms with Crippen LogP contribution in [-0.4, -0.2) is 11.7 Å². The Labute approximate surface area is 144 Å². The predicted molar refractivity (Wildman–Crippen MR) is 97.3 cm³/mol. The molecule has 0 saturated heterocycles. The highest BCUT2D eigenvalue weighted by molar-refractivity contribution is 7.18. The number of ketones is 1. The first-order valence-electron chi connectivity index (χ1n) is 7.58. The number of carbonyl (C=O) groups is 2. The van der Waals surface area contributed by atoms with Crippen LogP contribution in [0.2, 0.25) is 0 Å². The second-order valence-corrected chi connectivity index (χ2v) is 7.04. The minimum absolute atomic E-state index is 0.0246. The van der Waals surface area contributed by atoms with Crippen LogP contribution in [0.25, 0.3) is 0 Å². The third-order valence-corrected chi connectivity index (χ3v) is 5.40. The number of aryl methyl sites for hydroxylation is 1. The van der Waals surface area contributed by atoms with Gasteiger partial charge in [0.2, 0.25) is 0 Å². The Morgan fingerprint density at radius 2 is 1.96 bits per heavy atom. The van der Waals surface area contributed by atoms with E-state index >= 15 is 0 Å². The average molecular weight is 341 g/mol. The molecule has 5 nitrogen and oxygen atoms in total. The molecule has 24 heavy (non-hydrogen) atoms. The van der Waals surface area contributed by atoms with Gasteiger partial charge in [0.1, 0.15) is 4.88 Å². The van der Waals surface area contributed by atoms with Crippen molar-refractivity contribution in [3.63, 3.8) is 0 Å². The Morgan fingerprint density at radius 1 is 1.25 bits per heavy atom. The molecule has 3 rings (SSSR count). The van der Waals surface area contributed by atoms with Gasteiger partial charge in [-0.3, -0.25) is 9.59 Å². The lowest BCUT2D eigenvalue weighted by atomic mass is 9.80. The van der Waals surface area contributed by atoms with Crippen molar-refractivity contribution in [2.45, 2.75) is 26.7 Å². The molecule has 1 atom stereocenters. The number of carbonyl (C=O) groups excluding carboxylic acids is 2. The van der Waals surface area contributed by atoms with Gasteiger partial charge in [0.15, 0.2) is 5.78 Å². The van der Waals surface area contributed by atoms with Gasteiger partial charge in [-0.2, -0.15) is 0 Å². The lowest BCUT2D eigenvalue weighted by Crippen LogP contribution is -2.21. The first-order valence-corrected chi connectivity index (χ1v) is 8.40. The van der Waals surface area contributed by atoms with Crippen LogP contribution in [0.3, 0.4) is 0 Å². The number of hydrogen-bond acceptors (Lipinski definition) is 5. The van der Waals surface area contributed by atoms with Crippen LogP contribution in [0.5, 0.6) is 0 Å². The van der Waals surface area contributed by atoms with E-state index in [1.54, 1.807) is 6.92 Å². The number of nitrogen functional groups attached to an aromatic ring is 1. The normalized spacial score (nSPS) is 16.5. The van der Waals surface area contributed by atoms with E-state index in [0.717, 1.165) is 27.4 Å². The van der Waals surface area contributed by atoms with Crippen molar-refractivity contribution in [1.82, 2.24) is 0 Å². The Kier molecular flexibility index (Phi) is 3.93. The number of nitrogens with two attached hydrogens (primary N) is 2. The minimum Gasteiger partial charge on any atom is -0.397 e. The maximum absolute atomic E-state index is 12.3. The highest BCUT2D eigenvalue weighted by Gasteiger charge is 2.35. The Hall–Kier alpha value is -2.60. The van der Waals surface area contributed by atoms with Gasteiger partial charge in [0.05, 0.1) is 10.7 Å². The molecular formula is C18H19N3O2S. The first-order chi connectivity index (χ1) is 11.3. The van der Waals surface area contributed by atoms with E-state index in [4.69, 9.17) is 11.5 Å². The van der Waals surface area contributed by atoms with E-state index < -0.39 is 5.91 Å². The van der Waals surface area contributed by atoms with Crippen LogP contribution in [0.4, 0.5) is 10.7 Å². The zero-order valence-electron chi connectivity index (χ0n) is 13.8. The fraction of sp³-hybridized carbons (Fsp3) is 0.222. The molecule has 0 bridgehead atoms. The summed E-state index contributed by atoms with van der Waals surface area (Å²) in [7, 11) is 0. The molecule has 2 heterocycles. The predicted octanol–water partition coefficient (Wildman–Crippen LogP) is 3.16. The van der Waals surface area contributed by atoms with Crippen molar-refractivity contribution in [2.24, 2.45) is 5.73 Å². The molecule has 1 aliphatic heterocycles. The quantitative estimate of drug-likeness (QED) is 0.798. The number of anilines is 2. The topological polar surface area (TPSA) is 98.2 Å². The molecule has 1 aliphatic rings. The van der Waals surface area contributed by atoms with Gasteiger partial charge in [-0.05, 0) is 26.3 Å². The van der Waals surface area contributed by atoms with E-state index in [-0.39, 0.29) is 11.7 Å². The summed E-state index contributed by atoms with van der Waals surface area (Å²) < 4.78 is 0. The van der Waals surface area contributed by atoms with Crippen molar-refractivity contribution >= 4 is 33.7 Å². The number of fused-ring (bicyclic) bond motifs is 1. The maximum atomic E-state index is 12.3. The fourth-order valence-electron chi connectivity index (χ4n) is 3.27. The summed E-state index contributed by atoms with van der Waals surface area (Å²) in [5.74, 6) is -0.884. The van der Waals surface area contributed by atoms with E-state index in [1.807, 2.05) is 38.1 Å². The number of allylic oxidation sites excluding steroid dienone is 2. The summed E-state index contributed by atoms with van der Waals surface area (Å²) in [5.41, 5.74) is 16.3. The van der Waals surface area contributed by atoms with Crippen LogP contribution in [0.15, 0.2) is 35.5 Å². The summed E-state index contributed by atoms with van der Waals surface area (Å²) in [4.78, 5) is 24.3. The monoisotopic (exact) mass is 341 g/mol. The third kappa shape index (κ3) is 2.49. The van der Waals surface area contributed by atoms with Crippen molar-refractivity contribution in [1.29, 1.82) is 0 Å². The molecule has 0 radical (unpaired) electrons. The van der Waals surface area contributed by atoms with Crippen LogP contribution in [-0.2, 0) is 4.79 Å². The Bertz CT molecular complexity index is 896. The standard InChI is InChI=1S/C18H19N3O2S/c1-8-5-4-6-11(7-8)13-12(10(3)22)9(2)21-18-14(13)15(19)16(24-18)17(20)23/h4-7,13,21H,19H2,1-3H3,(H2,20,23)/t13-/m0/s1. The van der Waals surface area contributed by atoms with Crippen molar-refractivity contribution in [2.75, 3.05) is 11.1 Å². The molecule has 0 saturated carbocycles. The number of amides is 1. The maximum Gasteiger partial charge on any atom is 0.260 e. The van der Waals surface area contributed by atoms with Crippen LogP contribution >= 0.6 is 11.3 Å².